The van der Waals surface area contributed by atoms with E-state index in [-0.39, 0.29) is 11.0 Å². The fourth-order valence-corrected chi connectivity index (χ4v) is 2.60. The lowest BCUT2D eigenvalue weighted by molar-refractivity contribution is 0.138. The molecule has 0 saturated heterocycles. The van der Waals surface area contributed by atoms with Gasteiger partial charge in [0, 0.05) is 11.0 Å². The van der Waals surface area contributed by atoms with Crippen LogP contribution >= 0.6 is 0 Å². The van der Waals surface area contributed by atoms with E-state index in [1.165, 1.54) is 6.42 Å². The molecule has 0 spiro atoms. The first-order chi connectivity index (χ1) is 10.6. The van der Waals surface area contributed by atoms with Gasteiger partial charge >= 0.3 is 0 Å². The summed E-state index contributed by atoms with van der Waals surface area (Å²) < 4.78 is 0. The number of benzene rings is 1. The number of aliphatic hydroxyl groups is 1. The molecule has 1 unspecified atom stereocenters. The molecule has 3 rings (SSSR count). The van der Waals surface area contributed by atoms with E-state index in [4.69, 9.17) is 5.73 Å². The summed E-state index contributed by atoms with van der Waals surface area (Å²) in [6, 6.07) is 12.0. The molecule has 0 aliphatic heterocycles. The summed E-state index contributed by atoms with van der Waals surface area (Å²) in [5.41, 5.74) is 5.94. The Morgan fingerprint density at radius 2 is 1.45 bits per heavy atom. The van der Waals surface area contributed by atoms with Gasteiger partial charge in [-0.1, -0.05) is 75.4 Å². The fourth-order valence-electron chi connectivity index (χ4n) is 2.60. The van der Waals surface area contributed by atoms with Crippen molar-refractivity contribution in [2.45, 2.75) is 45.6 Å². The zero-order valence-corrected chi connectivity index (χ0v) is 14.0. The van der Waals surface area contributed by atoms with E-state index in [2.05, 4.69) is 13.0 Å². The van der Waals surface area contributed by atoms with Gasteiger partial charge in [-0.15, -0.1) is 0 Å². The predicted octanol–water partition coefficient (Wildman–Crippen LogP) is 5.15. The maximum atomic E-state index is 9.59. The lowest BCUT2D eigenvalue weighted by Crippen LogP contribution is -2.57. The van der Waals surface area contributed by atoms with Crippen molar-refractivity contribution in [3.63, 3.8) is 0 Å². The van der Waals surface area contributed by atoms with Crippen LogP contribution in [-0.2, 0) is 0 Å². The highest BCUT2D eigenvalue weighted by atomic mass is 16.3. The second-order valence-electron chi connectivity index (χ2n) is 5.73. The molecule has 0 aromatic heterocycles. The Kier molecular flexibility index (Phi) is 7.13. The Balaban J connectivity index is 0.000000253. The monoisotopic (exact) mass is 299 g/mol. The van der Waals surface area contributed by atoms with Crippen LogP contribution in [0.5, 0.6) is 0 Å². The lowest BCUT2D eigenvalue weighted by Gasteiger charge is -2.49. The Labute approximate surface area is 135 Å². The summed E-state index contributed by atoms with van der Waals surface area (Å²) in [6.45, 7) is 6.09. The number of rotatable bonds is 1. The number of aliphatic hydroxyl groups excluding tert-OH is 1. The maximum Gasteiger partial charge on any atom is 0.112 e. The molecule has 1 atom stereocenters. The van der Waals surface area contributed by atoms with Crippen molar-refractivity contribution in [2.75, 3.05) is 0 Å². The van der Waals surface area contributed by atoms with E-state index >= 15 is 0 Å². The minimum Gasteiger partial charge on any atom is -0.508 e. The minimum absolute atomic E-state index is 0.163. The van der Waals surface area contributed by atoms with Gasteiger partial charge in [0.15, 0.2) is 0 Å². The van der Waals surface area contributed by atoms with Crippen LogP contribution in [0, 0.1) is 5.41 Å². The van der Waals surface area contributed by atoms with Gasteiger partial charge in [0.05, 0.1) is 0 Å². The van der Waals surface area contributed by atoms with Crippen LogP contribution in [0.2, 0.25) is 0 Å². The molecule has 0 bridgehead atoms. The molecule has 0 radical (unpaired) electrons. The smallest absolute Gasteiger partial charge is 0.112 e. The summed E-state index contributed by atoms with van der Waals surface area (Å²) in [7, 11) is 0. The van der Waals surface area contributed by atoms with Crippen molar-refractivity contribution < 1.29 is 5.11 Å². The molecule has 120 valence electrons. The molecular weight excluding hydrogens is 270 g/mol. The zero-order valence-electron chi connectivity index (χ0n) is 14.0. The summed E-state index contributed by atoms with van der Waals surface area (Å²) in [6.07, 6.45) is 12.7. The minimum atomic E-state index is -0.209. The largest absolute Gasteiger partial charge is 0.508 e. The average Bonchev–Trinajstić information content (AvgIpc) is 2.71. The molecule has 0 amide bonds. The Morgan fingerprint density at radius 1 is 0.955 bits per heavy atom. The molecule has 1 saturated carbocycles. The highest BCUT2D eigenvalue weighted by Gasteiger charge is 2.46. The van der Waals surface area contributed by atoms with Gasteiger partial charge in [0.1, 0.15) is 5.76 Å². The summed E-state index contributed by atoms with van der Waals surface area (Å²) in [5, 5.41) is 9.59. The van der Waals surface area contributed by atoms with Gasteiger partial charge in [-0.05, 0) is 31.4 Å². The number of hydrogen-bond acceptors (Lipinski definition) is 2. The number of nitrogens with two attached hydrogens (primary N) is 1. The van der Waals surface area contributed by atoms with Crippen LogP contribution in [0.4, 0.5) is 0 Å². The van der Waals surface area contributed by atoms with Gasteiger partial charge in [-0.3, -0.25) is 0 Å². The van der Waals surface area contributed by atoms with E-state index in [1.54, 1.807) is 6.08 Å². The van der Waals surface area contributed by atoms with Gasteiger partial charge in [0.2, 0.25) is 0 Å². The van der Waals surface area contributed by atoms with Crippen molar-refractivity contribution in [3.8, 4) is 0 Å². The first kappa shape index (κ1) is 18.2. The maximum absolute atomic E-state index is 9.59. The van der Waals surface area contributed by atoms with Crippen molar-refractivity contribution in [1.29, 1.82) is 0 Å². The number of allylic oxidation sites excluding steroid dienone is 3. The highest BCUT2D eigenvalue weighted by molar-refractivity contribution is 5.32. The van der Waals surface area contributed by atoms with Crippen LogP contribution in [-0.4, -0.2) is 10.6 Å². The summed E-state index contributed by atoms with van der Waals surface area (Å²) >= 11 is 0. The Hall–Kier alpha value is -1.80. The lowest BCUT2D eigenvalue weighted by atomic mass is 9.60. The average molecular weight is 299 g/mol. The van der Waals surface area contributed by atoms with Gasteiger partial charge in [0.25, 0.3) is 0 Å². The van der Waals surface area contributed by atoms with Gasteiger partial charge in [-0.25, -0.2) is 0 Å². The van der Waals surface area contributed by atoms with Crippen molar-refractivity contribution in [1.82, 2.24) is 0 Å². The second-order valence-corrected chi connectivity index (χ2v) is 5.73. The van der Waals surface area contributed by atoms with Gasteiger partial charge in [-0.2, -0.15) is 0 Å². The molecular formula is C20H29NO. The molecule has 22 heavy (non-hydrogen) atoms. The summed E-state index contributed by atoms with van der Waals surface area (Å²) in [5.74, 6) is 0.314. The van der Waals surface area contributed by atoms with Crippen LogP contribution in [0.15, 0.2) is 72.5 Å². The first-order valence-corrected chi connectivity index (χ1v) is 8.12. The molecule has 1 aromatic carbocycles. The van der Waals surface area contributed by atoms with Crippen LogP contribution in [0.3, 0.4) is 0 Å². The fraction of sp³-hybridized carbons (Fsp3) is 0.400. The van der Waals surface area contributed by atoms with Crippen molar-refractivity contribution >= 4 is 0 Å². The van der Waals surface area contributed by atoms with E-state index in [0.717, 1.165) is 12.8 Å². The normalized spacial score (nSPS) is 24.5. The molecule has 2 aliphatic carbocycles. The van der Waals surface area contributed by atoms with Crippen LogP contribution in [0.1, 0.15) is 40.0 Å². The molecule has 0 heterocycles. The van der Waals surface area contributed by atoms with Crippen LogP contribution < -0.4 is 5.73 Å². The standard InChI is InChI=1S/C12H17NO.C6H6.C2H6/c1-11(12(13)7-4-8-12)6-3-2-5-10(14)9-11;1-2-4-6-5-3-1;1-2/h2-3,5-6,9,14H,4,7-8,13H2,1H3;1-6H;1-2H3. The Morgan fingerprint density at radius 3 is 1.86 bits per heavy atom. The SMILES string of the molecule is CC.CC1(C2(N)CCC2)C=CC=CC(O)=C1.c1ccccc1. The predicted molar refractivity (Wildman–Crippen MR) is 95.7 cm³/mol. The topological polar surface area (TPSA) is 46.2 Å². The highest BCUT2D eigenvalue weighted by Crippen LogP contribution is 2.46. The van der Waals surface area contributed by atoms with E-state index in [0.29, 0.717) is 5.76 Å². The van der Waals surface area contributed by atoms with Crippen molar-refractivity contribution in [2.24, 2.45) is 11.1 Å². The summed E-state index contributed by atoms with van der Waals surface area (Å²) in [4.78, 5) is 0. The molecule has 1 fully saturated rings. The molecule has 3 N–H and O–H groups in total. The van der Waals surface area contributed by atoms with Crippen LogP contribution in [0.25, 0.3) is 0 Å². The van der Waals surface area contributed by atoms with Gasteiger partial charge < -0.3 is 10.8 Å². The zero-order chi connectivity index (χ0) is 16.5. The molecule has 2 nitrogen and oxygen atoms in total. The Bertz CT molecular complexity index is 485. The molecule has 2 aliphatic rings. The van der Waals surface area contributed by atoms with E-state index in [1.807, 2.05) is 68.5 Å². The third-order valence-electron chi connectivity index (χ3n) is 4.25. The van der Waals surface area contributed by atoms with Crippen molar-refractivity contribution in [3.05, 3.63) is 72.5 Å². The third-order valence-corrected chi connectivity index (χ3v) is 4.25. The third kappa shape index (κ3) is 4.60. The van der Waals surface area contributed by atoms with E-state index < -0.39 is 0 Å². The quantitative estimate of drug-likeness (QED) is 0.753. The molecule has 2 heteroatoms. The first-order valence-electron chi connectivity index (χ1n) is 8.12. The second kappa shape index (κ2) is 8.60. The molecule has 1 aromatic rings. The van der Waals surface area contributed by atoms with E-state index in [9.17, 15) is 5.11 Å². The number of hydrogen-bond donors (Lipinski definition) is 2.